The molecule has 4 nitrogen and oxygen atoms in total. The lowest BCUT2D eigenvalue weighted by atomic mass is 9.52. The van der Waals surface area contributed by atoms with Gasteiger partial charge < -0.3 is 14.4 Å². The third kappa shape index (κ3) is 1.27. The van der Waals surface area contributed by atoms with Crippen molar-refractivity contribution in [1.29, 1.82) is 0 Å². The fourth-order valence-electron chi connectivity index (χ4n) is 4.74. The van der Waals surface area contributed by atoms with Gasteiger partial charge in [0.2, 0.25) is 0 Å². The molecule has 2 bridgehead atoms. The molecule has 1 unspecified atom stereocenters. The second kappa shape index (κ2) is 4.05. The number of carbonyl (C=O) groups is 1. The molecule has 0 radical (unpaired) electrons. The highest BCUT2D eigenvalue weighted by Gasteiger charge is 2.65. The van der Waals surface area contributed by atoms with Crippen molar-refractivity contribution in [3.63, 3.8) is 0 Å². The highest BCUT2D eigenvalue weighted by Crippen LogP contribution is 2.62. The summed E-state index contributed by atoms with van der Waals surface area (Å²) in [6.45, 7) is -2.70. The number of piperidine rings is 1. The molecule has 5 rings (SSSR count). The van der Waals surface area contributed by atoms with Crippen LogP contribution in [0.2, 0.25) is 0 Å². The summed E-state index contributed by atoms with van der Waals surface area (Å²) in [5, 5.41) is 0. The highest BCUT2D eigenvalue weighted by molar-refractivity contribution is 5.89. The molecule has 22 heavy (non-hydrogen) atoms. The van der Waals surface area contributed by atoms with E-state index in [0.29, 0.717) is 0 Å². The minimum Gasteiger partial charge on any atom is -0.493 e. The van der Waals surface area contributed by atoms with E-state index in [0.717, 1.165) is 4.90 Å². The quantitative estimate of drug-likeness (QED) is 0.795. The first-order chi connectivity index (χ1) is 14.6. The maximum absolute atomic E-state index is 13.0. The van der Waals surface area contributed by atoms with Gasteiger partial charge in [-0.1, -0.05) is 6.04 Å². The number of carbonyl (C=O) groups excluding carboxylic acids is 1. The Kier molecular flexibility index (Phi) is 1.20. The Morgan fingerprint density at radius 2 is 2.55 bits per heavy atom. The SMILES string of the molecule is [2H]c1c([2H])c(OC([2H])([2H])[2H])c2c3c1C[C@]1([2H])[C@@H]4CCC(=O)C([2H])(O2)[C@]34CCN1C([2H])([2H])[2H]. The van der Waals surface area contributed by atoms with E-state index in [2.05, 4.69) is 0 Å². The van der Waals surface area contributed by atoms with Gasteiger partial charge in [-0.15, -0.1) is 0 Å². The lowest BCUT2D eigenvalue weighted by molar-refractivity contribution is -0.138. The Morgan fingerprint density at radius 3 is 3.41 bits per heavy atom. The number of hydrogen-bond acceptors (Lipinski definition) is 4. The molecular formula is C18H21NO3. The largest absolute Gasteiger partial charge is 0.493 e. The van der Waals surface area contributed by atoms with E-state index < -0.39 is 61.1 Å². The summed E-state index contributed by atoms with van der Waals surface area (Å²) in [5.41, 5.74) is -1.02. The fourth-order valence-corrected chi connectivity index (χ4v) is 4.74. The average Bonchev–Trinajstić information content (AvgIpc) is 2.90. The lowest BCUT2D eigenvalue weighted by Gasteiger charge is -2.57. The Bertz CT molecular complexity index is 1060. The van der Waals surface area contributed by atoms with E-state index in [1.54, 1.807) is 0 Å². The van der Waals surface area contributed by atoms with Crippen LogP contribution in [-0.4, -0.2) is 43.3 Å². The van der Waals surface area contributed by atoms with Crippen LogP contribution in [-0.2, 0) is 16.6 Å². The molecule has 1 aromatic carbocycles. The van der Waals surface area contributed by atoms with Crippen molar-refractivity contribution in [2.45, 2.75) is 43.2 Å². The van der Waals surface area contributed by atoms with Gasteiger partial charge in [0.1, 0.15) is 0 Å². The monoisotopic (exact) mass is 309 g/mol. The summed E-state index contributed by atoms with van der Waals surface area (Å²) < 4.78 is 92.5. The standard InChI is InChI=1S/C18H21NO3/c1-19-8-7-18-11-4-5-13(20)17(18)22-16-14(21-2)6-3-10(15(16)18)9-12(11)19/h3,6,11-12,17H,4-5,7-9H2,1-2H3/t11-,12+,17?,18-/m0/s1/i1D3,2D3,3D,6D,12D,17D. The maximum atomic E-state index is 13.0. The number of methoxy groups -OCH3 is 1. The molecule has 4 heteroatoms. The predicted octanol–water partition coefficient (Wildman–Crippen LogP) is 1.93. The van der Waals surface area contributed by atoms with Crippen molar-refractivity contribution in [2.75, 3.05) is 20.6 Å². The maximum Gasteiger partial charge on any atom is 0.174 e. The van der Waals surface area contributed by atoms with Crippen LogP contribution in [0.3, 0.4) is 0 Å². The topological polar surface area (TPSA) is 38.8 Å². The summed E-state index contributed by atoms with van der Waals surface area (Å²) in [7, 11) is -2.96. The molecule has 2 fully saturated rings. The molecule has 116 valence electrons. The van der Waals surface area contributed by atoms with E-state index in [1.807, 2.05) is 0 Å². The normalized spacial score (nSPS) is 52.9. The Balaban J connectivity index is 1.86. The van der Waals surface area contributed by atoms with E-state index >= 15 is 0 Å². The van der Waals surface area contributed by atoms with Crippen LogP contribution in [0.1, 0.15) is 44.1 Å². The summed E-state index contributed by atoms with van der Waals surface area (Å²) in [4.78, 5) is 14.1. The van der Waals surface area contributed by atoms with Crippen LogP contribution in [0.15, 0.2) is 12.1 Å². The molecule has 2 aliphatic heterocycles. The van der Waals surface area contributed by atoms with Crippen LogP contribution in [0.5, 0.6) is 11.5 Å². The number of ether oxygens (including phenoxy) is 2. The van der Waals surface area contributed by atoms with E-state index in [1.165, 1.54) is 0 Å². The first kappa shape index (κ1) is 6.52. The van der Waals surface area contributed by atoms with Crippen molar-refractivity contribution < 1.29 is 28.0 Å². The number of Topliss-reactive ketones (excluding diaryl/α,β-unsaturated/α-hetero) is 1. The van der Waals surface area contributed by atoms with Crippen LogP contribution in [0.4, 0.5) is 0 Å². The smallest absolute Gasteiger partial charge is 0.174 e. The minimum atomic E-state index is -2.96. The summed E-state index contributed by atoms with van der Waals surface area (Å²) in [6, 6.07) is -2.75. The number of nitrogens with zero attached hydrogens (tertiary/aromatic N) is 1. The molecule has 1 saturated carbocycles. The molecule has 1 spiro atoms. The van der Waals surface area contributed by atoms with Gasteiger partial charge in [0.25, 0.3) is 0 Å². The highest BCUT2D eigenvalue weighted by atomic mass is 16.5. The second-order valence-corrected chi connectivity index (χ2v) is 6.35. The van der Waals surface area contributed by atoms with Gasteiger partial charge in [0, 0.05) is 28.9 Å². The zero-order chi connectivity index (χ0) is 23.6. The molecule has 0 aromatic heterocycles. The molecule has 0 N–H and O–H groups in total. The number of likely N-dealkylation sites (tertiary alicyclic amines) is 1. The first-order valence-electron chi connectivity index (χ1n) is 12.4. The van der Waals surface area contributed by atoms with Crippen LogP contribution in [0.25, 0.3) is 0 Å². The molecule has 1 saturated heterocycles. The van der Waals surface area contributed by atoms with Crippen molar-refractivity contribution in [1.82, 2.24) is 4.90 Å². The van der Waals surface area contributed by atoms with Gasteiger partial charge >= 0.3 is 0 Å². The summed E-state index contributed by atoms with van der Waals surface area (Å²) >= 11 is 0. The third-order valence-electron chi connectivity index (χ3n) is 5.56. The molecule has 4 aliphatic rings. The molecule has 2 aliphatic carbocycles. The van der Waals surface area contributed by atoms with Gasteiger partial charge in [-0.3, -0.25) is 4.79 Å². The molecule has 4 atom stereocenters. The van der Waals surface area contributed by atoms with E-state index in [4.69, 9.17) is 21.8 Å². The van der Waals surface area contributed by atoms with Crippen LogP contribution >= 0.6 is 0 Å². The van der Waals surface area contributed by atoms with Crippen molar-refractivity contribution >= 4 is 5.78 Å². The summed E-state index contributed by atoms with van der Waals surface area (Å²) in [5.74, 6) is -2.06. The Hall–Kier alpha value is -1.55. The predicted molar refractivity (Wildman–Crippen MR) is 81.6 cm³/mol. The van der Waals surface area contributed by atoms with Crippen molar-refractivity contribution in [3.05, 3.63) is 23.2 Å². The number of hydrogen-bond donors (Lipinski definition) is 0. The van der Waals surface area contributed by atoms with Gasteiger partial charge in [-0.25, -0.2) is 0 Å². The van der Waals surface area contributed by atoms with Crippen LogP contribution < -0.4 is 9.47 Å². The minimum absolute atomic E-state index is 0.00984. The zero-order valence-electron chi connectivity index (χ0n) is 21.8. The second-order valence-electron chi connectivity index (χ2n) is 6.35. The number of likely N-dealkylation sites (N-methyl/N-ethyl adjacent to an activating group) is 1. The van der Waals surface area contributed by atoms with Crippen LogP contribution in [0, 0.1) is 5.92 Å². The average molecular weight is 309 g/mol. The lowest BCUT2D eigenvalue weighted by Crippen LogP contribution is -2.65. The first-order valence-corrected chi connectivity index (χ1v) is 7.43. The number of benzene rings is 1. The molecule has 0 amide bonds. The van der Waals surface area contributed by atoms with Gasteiger partial charge in [-0.05, 0) is 50.3 Å². The van der Waals surface area contributed by atoms with E-state index in [-0.39, 0.29) is 49.1 Å². The van der Waals surface area contributed by atoms with Gasteiger partial charge in [0.15, 0.2) is 23.4 Å². The van der Waals surface area contributed by atoms with Crippen molar-refractivity contribution in [2.24, 2.45) is 5.92 Å². The zero-order valence-corrected chi connectivity index (χ0v) is 11.8. The molecule has 1 aromatic rings. The fraction of sp³-hybridized carbons (Fsp3) is 0.611. The molecular weight excluding hydrogens is 278 g/mol. The Labute approximate surface area is 144 Å². The van der Waals surface area contributed by atoms with Crippen molar-refractivity contribution in [3.8, 4) is 11.5 Å². The van der Waals surface area contributed by atoms with E-state index in [9.17, 15) is 6.17 Å². The third-order valence-corrected chi connectivity index (χ3v) is 5.56. The number of ketones is 1. The molecule has 2 heterocycles. The summed E-state index contributed by atoms with van der Waals surface area (Å²) in [6.07, 6.45) is -2.34. The van der Waals surface area contributed by atoms with Gasteiger partial charge in [-0.2, -0.15) is 0 Å². The Morgan fingerprint density at radius 1 is 1.59 bits per heavy atom. The number of rotatable bonds is 1. The van der Waals surface area contributed by atoms with Gasteiger partial charge in [0.05, 0.1) is 15.3 Å².